The highest BCUT2D eigenvalue weighted by Crippen LogP contribution is 2.39. The molecule has 1 aliphatic rings. The molecule has 1 saturated heterocycles. The van der Waals surface area contributed by atoms with E-state index in [-0.39, 0.29) is 11.1 Å². The molecule has 1 aliphatic heterocycles. The van der Waals surface area contributed by atoms with Crippen LogP contribution in [0.5, 0.6) is 0 Å². The number of nitrogens with one attached hydrogen (secondary N) is 1. The topological polar surface area (TPSA) is 15.3 Å². The summed E-state index contributed by atoms with van der Waals surface area (Å²) in [6.07, 6.45) is 1.15. The molecule has 0 saturated carbocycles. The van der Waals surface area contributed by atoms with E-state index >= 15 is 0 Å². The smallest absolute Gasteiger partial charge is 0.0520 e. The van der Waals surface area contributed by atoms with E-state index in [0.29, 0.717) is 0 Å². The van der Waals surface area contributed by atoms with Gasteiger partial charge < -0.3 is 10.2 Å². The maximum absolute atomic E-state index is 3.70. The monoisotopic (exact) mass is 310 g/mol. The molecule has 0 unspecified atom stereocenters. The molecule has 18 heavy (non-hydrogen) atoms. The van der Waals surface area contributed by atoms with E-state index < -0.39 is 0 Å². The second-order valence-corrected chi connectivity index (χ2v) is 7.19. The summed E-state index contributed by atoms with van der Waals surface area (Å²) in [5.41, 5.74) is 1.54. The average molecular weight is 311 g/mol. The van der Waals surface area contributed by atoms with Crippen molar-refractivity contribution in [2.75, 3.05) is 18.0 Å². The molecule has 2 rings (SSSR count). The molecule has 1 aromatic rings. The molecular weight excluding hydrogens is 288 g/mol. The Balaban J connectivity index is 2.51. The van der Waals surface area contributed by atoms with E-state index in [9.17, 15) is 0 Å². The van der Waals surface area contributed by atoms with Crippen LogP contribution in [0.3, 0.4) is 0 Å². The fourth-order valence-electron chi connectivity index (χ4n) is 3.08. The normalized spacial score (nSPS) is 22.6. The first-order valence-electron chi connectivity index (χ1n) is 6.60. The molecule has 0 aromatic heterocycles. The highest BCUT2D eigenvalue weighted by Gasteiger charge is 2.40. The summed E-state index contributed by atoms with van der Waals surface area (Å²) >= 11 is 3.70. The van der Waals surface area contributed by atoms with Crippen LogP contribution in [0.1, 0.15) is 34.1 Å². The Labute approximate surface area is 119 Å². The van der Waals surface area contributed by atoms with Gasteiger partial charge in [0.15, 0.2) is 0 Å². The van der Waals surface area contributed by atoms with Crippen LogP contribution >= 0.6 is 15.9 Å². The molecule has 0 bridgehead atoms. The van der Waals surface area contributed by atoms with Gasteiger partial charge in [0, 0.05) is 22.1 Å². The molecule has 1 fully saturated rings. The minimum absolute atomic E-state index is 0.101. The first kappa shape index (κ1) is 13.9. The first-order valence-corrected chi connectivity index (χ1v) is 7.39. The number of halogens is 1. The van der Waals surface area contributed by atoms with E-state index in [1.807, 2.05) is 0 Å². The Bertz CT molecular complexity index is 408. The SMILES string of the molecule is CC1(C)CCNCC(C)(C)N1c1ccccc1Br. The van der Waals surface area contributed by atoms with Gasteiger partial charge in [0.25, 0.3) is 0 Å². The van der Waals surface area contributed by atoms with Gasteiger partial charge >= 0.3 is 0 Å². The maximum Gasteiger partial charge on any atom is 0.0520 e. The molecule has 1 N–H and O–H groups in total. The number of hydrogen-bond donors (Lipinski definition) is 1. The maximum atomic E-state index is 3.70. The zero-order chi connectivity index (χ0) is 13.4. The number of nitrogens with zero attached hydrogens (tertiary/aromatic N) is 1. The van der Waals surface area contributed by atoms with Gasteiger partial charge in [-0.1, -0.05) is 12.1 Å². The Morgan fingerprint density at radius 2 is 1.78 bits per heavy atom. The van der Waals surface area contributed by atoms with Gasteiger partial charge in [0.2, 0.25) is 0 Å². The van der Waals surface area contributed by atoms with E-state index in [4.69, 9.17) is 0 Å². The van der Waals surface area contributed by atoms with Gasteiger partial charge in [0.1, 0.15) is 0 Å². The molecule has 3 heteroatoms. The summed E-state index contributed by atoms with van der Waals surface area (Å²) in [4.78, 5) is 2.56. The number of rotatable bonds is 1. The van der Waals surface area contributed by atoms with Crippen LogP contribution in [0.15, 0.2) is 28.7 Å². The second kappa shape index (κ2) is 4.86. The van der Waals surface area contributed by atoms with Gasteiger partial charge in [-0.2, -0.15) is 0 Å². The second-order valence-electron chi connectivity index (χ2n) is 6.34. The molecule has 0 atom stereocenters. The van der Waals surface area contributed by atoms with Gasteiger partial charge in [-0.05, 0) is 68.7 Å². The van der Waals surface area contributed by atoms with Crippen molar-refractivity contribution in [2.24, 2.45) is 0 Å². The van der Waals surface area contributed by atoms with Gasteiger partial charge in [-0.15, -0.1) is 0 Å². The highest BCUT2D eigenvalue weighted by atomic mass is 79.9. The number of anilines is 1. The summed E-state index contributed by atoms with van der Waals surface area (Å²) in [6, 6.07) is 8.52. The van der Waals surface area contributed by atoms with Gasteiger partial charge in [-0.3, -0.25) is 0 Å². The lowest BCUT2D eigenvalue weighted by Gasteiger charge is -2.49. The van der Waals surface area contributed by atoms with E-state index in [2.05, 4.69) is 78.1 Å². The lowest BCUT2D eigenvalue weighted by molar-refractivity contribution is 0.357. The van der Waals surface area contributed by atoms with Gasteiger partial charge in [0.05, 0.1) is 5.69 Å². The van der Waals surface area contributed by atoms with Crippen molar-refractivity contribution in [2.45, 2.75) is 45.2 Å². The summed E-state index contributed by atoms with van der Waals surface area (Å²) in [7, 11) is 0. The molecule has 0 amide bonds. The third kappa shape index (κ3) is 2.57. The standard InChI is InChI=1S/C15H23BrN2/c1-14(2)9-10-17-11-15(3,4)18(14)13-8-6-5-7-12(13)16/h5-8,17H,9-11H2,1-4H3. The largest absolute Gasteiger partial charge is 0.359 e. The molecule has 0 aliphatic carbocycles. The molecule has 2 nitrogen and oxygen atoms in total. The predicted molar refractivity (Wildman–Crippen MR) is 82.3 cm³/mol. The van der Waals surface area contributed by atoms with Crippen LogP contribution in [0.4, 0.5) is 5.69 Å². The summed E-state index contributed by atoms with van der Waals surface area (Å²) in [5.74, 6) is 0. The molecule has 0 spiro atoms. The van der Waals surface area contributed by atoms with Crippen LogP contribution in [-0.2, 0) is 0 Å². The highest BCUT2D eigenvalue weighted by molar-refractivity contribution is 9.10. The molecule has 100 valence electrons. The predicted octanol–water partition coefficient (Wildman–Crippen LogP) is 3.81. The fourth-order valence-corrected chi connectivity index (χ4v) is 3.55. The van der Waals surface area contributed by atoms with Crippen LogP contribution in [0, 0.1) is 0 Å². The Morgan fingerprint density at radius 1 is 1.11 bits per heavy atom. The zero-order valence-corrected chi connectivity index (χ0v) is 13.3. The van der Waals surface area contributed by atoms with Crippen molar-refractivity contribution in [3.8, 4) is 0 Å². The van der Waals surface area contributed by atoms with Crippen molar-refractivity contribution < 1.29 is 0 Å². The number of hydrogen-bond acceptors (Lipinski definition) is 2. The minimum atomic E-state index is 0.101. The molecule has 0 radical (unpaired) electrons. The third-order valence-electron chi connectivity index (χ3n) is 3.78. The average Bonchev–Trinajstić information content (AvgIpc) is 2.36. The van der Waals surface area contributed by atoms with Crippen molar-refractivity contribution >= 4 is 21.6 Å². The summed E-state index contributed by atoms with van der Waals surface area (Å²) < 4.78 is 1.17. The first-order chi connectivity index (χ1) is 8.34. The van der Waals surface area contributed by atoms with Crippen LogP contribution in [0.2, 0.25) is 0 Å². The Hall–Kier alpha value is -0.540. The van der Waals surface area contributed by atoms with Gasteiger partial charge in [-0.25, -0.2) is 0 Å². The van der Waals surface area contributed by atoms with Crippen LogP contribution < -0.4 is 10.2 Å². The minimum Gasteiger partial charge on any atom is -0.359 e. The number of para-hydroxylation sites is 1. The van der Waals surface area contributed by atoms with Crippen LogP contribution in [0.25, 0.3) is 0 Å². The lowest BCUT2D eigenvalue weighted by Crippen LogP contribution is -2.57. The quantitative estimate of drug-likeness (QED) is 0.848. The van der Waals surface area contributed by atoms with Crippen LogP contribution in [-0.4, -0.2) is 24.2 Å². The third-order valence-corrected chi connectivity index (χ3v) is 4.45. The van der Waals surface area contributed by atoms with E-state index in [1.165, 1.54) is 10.2 Å². The van der Waals surface area contributed by atoms with E-state index in [0.717, 1.165) is 19.5 Å². The summed E-state index contributed by atoms with van der Waals surface area (Å²) in [6.45, 7) is 11.4. The zero-order valence-electron chi connectivity index (χ0n) is 11.8. The molecule has 1 heterocycles. The molecule has 1 aromatic carbocycles. The van der Waals surface area contributed by atoms with E-state index in [1.54, 1.807) is 0 Å². The van der Waals surface area contributed by atoms with Crippen molar-refractivity contribution in [3.05, 3.63) is 28.7 Å². The number of benzene rings is 1. The van der Waals surface area contributed by atoms with Crippen molar-refractivity contribution in [3.63, 3.8) is 0 Å². The summed E-state index contributed by atoms with van der Waals surface area (Å²) in [5, 5.41) is 3.56. The van der Waals surface area contributed by atoms with Crippen molar-refractivity contribution in [1.29, 1.82) is 0 Å². The fraction of sp³-hybridized carbons (Fsp3) is 0.600. The van der Waals surface area contributed by atoms with Crippen molar-refractivity contribution in [1.82, 2.24) is 5.32 Å². The Kier molecular flexibility index (Phi) is 3.75. The lowest BCUT2D eigenvalue weighted by atomic mass is 9.91. The molecular formula is C15H23BrN2. The Morgan fingerprint density at radius 3 is 2.44 bits per heavy atom.